The average Bonchev–Trinajstić information content (AvgIpc) is 2.60. The molecule has 5 nitrogen and oxygen atoms in total. The van der Waals surface area contributed by atoms with E-state index in [1.165, 1.54) is 0 Å². The summed E-state index contributed by atoms with van der Waals surface area (Å²) in [6.45, 7) is 1.96. The summed E-state index contributed by atoms with van der Waals surface area (Å²) in [6.07, 6.45) is 5.15. The molecule has 25 heavy (non-hydrogen) atoms. The Morgan fingerprint density at radius 3 is 2.60 bits per heavy atom. The molecule has 4 rings (SSSR count). The van der Waals surface area contributed by atoms with Gasteiger partial charge in [0.05, 0.1) is 11.5 Å². The molecule has 2 aliphatic rings. The van der Waals surface area contributed by atoms with Gasteiger partial charge in [0.2, 0.25) is 0 Å². The standard InChI is InChI=1S/C20H20N4O/c21-13-20(17-6-2-1-3-7-17)11-19(12-20)14-24(15-19)18(25)23-10-16-5-4-8-22-9-16/h1-9H,10-12,14-15H2,(H,23,25). The van der Waals surface area contributed by atoms with Crippen molar-refractivity contribution in [3.63, 3.8) is 0 Å². The van der Waals surface area contributed by atoms with E-state index in [1.54, 1.807) is 12.4 Å². The lowest BCUT2D eigenvalue weighted by Crippen LogP contribution is -2.68. The van der Waals surface area contributed by atoms with Crippen molar-refractivity contribution in [3.05, 3.63) is 66.0 Å². The van der Waals surface area contributed by atoms with Gasteiger partial charge in [-0.05, 0) is 30.0 Å². The summed E-state index contributed by atoms with van der Waals surface area (Å²) in [5.41, 5.74) is 1.83. The summed E-state index contributed by atoms with van der Waals surface area (Å²) in [7, 11) is 0. The van der Waals surface area contributed by atoms with Crippen molar-refractivity contribution in [3.8, 4) is 6.07 Å². The first-order chi connectivity index (χ1) is 12.1. The second kappa shape index (κ2) is 5.89. The number of amides is 2. The number of benzene rings is 1. The number of pyridine rings is 1. The van der Waals surface area contributed by atoms with Crippen LogP contribution < -0.4 is 5.32 Å². The highest BCUT2D eigenvalue weighted by Crippen LogP contribution is 2.59. The fourth-order valence-corrected chi connectivity index (χ4v) is 4.26. The van der Waals surface area contributed by atoms with Gasteiger partial charge in [-0.15, -0.1) is 0 Å². The van der Waals surface area contributed by atoms with E-state index in [0.717, 1.165) is 37.1 Å². The maximum atomic E-state index is 12.3. The van der Waals surface area contributed by atoms with Gasteiger partial charge in [0.15, 0.2) is 0 Å². The Morgan fingerprint density at radius 1 is 1.20 bits per heavy atom. The van der Waals surface area contributed by atoms with Crippen LogP contribution in [-0.4, -0.2) is 29.0 Å². The maximum absolute atomic E-state index is 12.3. The van der Waals surface area contributed by atoms with E-state index in [-0.39, 0.29) is 16.9 Å². The quantitative estimate of drug-likeness (QED) is 0.939. The number of carbonyl (C=O) groups excluding carboxylic acids is 1. The largest absolute Gasteiger partial charge is 0.334 e. The van der Waals surface area contributed by atoms with Gasteiger partial charge in [-0.1, -0.05) is 36.4 Å². The first-order valence-corrected chi connectivity index (χ1v) is 8.53. The second-order valence-corrected chi connectivity index (χ2v) is 7.29. The number of nitrogens with zero attached hydrogens (tertiary/aromatic N) is 3. The Labute approximate surface area is 147 Å². The molecule has 126 valence electrons. The molecule has 1 aliphatic carbocycles. The monoisotopic (exact) mass is 332 g/mol. The average molecular weight is 332 g/mol. The summed E-state index contributed by atoms with van der Waals surface area (Å²) in [5.74, 6) is 0. The number of nitriles is 1. The van der Waals surface area contributed by atoms with Gasteiger partial charge in [0.25, 0.3) is 0 Å². The van der Waals surface area contributed by atoms with Crippen LogP contribution in [0.25, 0.3) is 0 Å². The molecule has 2 heterocycles. The van der Waals surface area contributed by atoms with E-state index in [4.69, 9.17) is 0 Å². The molecule has 1 spiro atoms. The summed E-state index contributed by atoms with van der Waals surface area (Å²) in [4.78, 5) is 18.1. The Bertz CT molecular complexity index is 799. The minimum Gasteiger partial charge on any atom is -0.334 e. The minimum atomic E-state index is -0.375. The van der Waals surface area contributed by atoms with Crippen molar-refractivity contribution in [2.75, 3.05) is 13.1 Å². The van der Waals surface area contributed by atoms with Crippen LogP contribution in [0.5, 0.6) is 0 Å². The summed E-state index contributed by atoms with van der Waals surface area (Å²) < 4.78 is 0. The van der Waals surface area contributed by atoms with Gasteiger partial charge in [-0.25, -0.2) is 4.79 Å². The molecule has 0 atom stereocenters. The van der Waals surface area contributed by atoms with Gasteiger partial charge in [0, 0.05) is 37.4 Å². The number of hydrogen-bond donors (Lipinski definition) is 1. The molecule has 1 aliphatic heterocycles. The van der Waals surface area contributed by atoms with Crippen LogP contribution in [0, 0.1) is 16.7 Å². The zero-order valence-electron chi connectivity index (χ0n) is 14.0. The van der Waals surface area contributed by atoms with E-state index in [1.807, 2.05) is 47.4 Å². The minimum absolute atomic E-state index is 0.0383. The van der Waals surface area contributed by atoms with Crippen LogP contribution in [-0.2, 0) is 12.0 Å². The van der Waals surface area contributed by atoms with Crippen LogP contribution in [0.2, 0.25) is 0 Å². The number of hydrogen-bond acceptors (Lipinski definition) is 3. The number of aromatic nitrogens is 1. The SMILES string of the molecule is N#CC1(c2ccccc2)CC2(CN(C(=O)NCc3cccnc3)C2)C1. The van der Waals surface area contributed by atoms with E-state index < -0.39 is 0 Å². The molecule has 2 fully saturated rings. The maximum Gasteiger partial charge on any atom is 0.317 e. The van der Waals surface area contributed by atoms with Gasteiger partial charge in [-0.2, -0.15) is 5.26 Å². The molecule has 1 aromatic carbocycles. The molecule has 2 aromatic rings. The summed E-state index contributed by atoms with van der Waals surface area (Å²) in [5, 5.41) is 12.6. The first-order valence-electron chi connectivity index (χ1n) is 8.53. The second-order valence-electron chi connectivity index (χ2n) is 7.29. The summed E-state index contributed by atoms with van der Waals surface area (Å²) >= 11 is 0. The van der Waals surface area contributed by atoms with Crippen LogP contribution >= 0.6 is 0 Å². The van der Waals surface area contributed by atoms with Crippen molar-refractivity contribution < 1.29 is 4.79 Å². The summed E-state index contributed by atoms with van der Waals surface area (Å²) in [6, 6.07) is 16.3. The van der Waals surface area contributed by atoms with Gasteiger partial charge in [-0.3, -0.25) is 4.98 Å². The molecule has 0 radical (unpaired) electrons. The highest BCUT2D eigenvalue weighted by molar-refractivity contribution is 5.75. The van der Waals surface area contributed by atoms with Crippen LogP contribution in [0.4, 0.5) is 4.79 Å². The molecule has 1 saturated carbocycles. The number of nitrogens with one attached hydrogen (secondary N) is 1. The number of carbonyl (C=O) groups is 1. The Morgan fingerprint density at radius 2 is 1.96 bits per heavy atom. The Balaban J connectivity index is 1.31. The Kier molecular flexibility index (Phi) is 3.69. The fourth-order valence-electron chi connectivity index (χ4n) is 4.26. The van der Waals surface area contributed by atoms with Crippen molar-refractivity contribution in [2.24, 2.45) is 5.41 Å². The fraction of sp³-hybridized carbons (Fsp3) is 0.350. The zero-order valence-corrected chi connectivity index (χ0v) is 14.0. The van der Waals surface area contributed by atoms with E-state index >= 15 is 0 Å². The normalized spacial score (nSPS) is 19.4. The third kappa shape index (κ3) is 2.74. The van der Waals surface area contributed by atoms with E-state index in [2.05, 4.69) is 16.4 Å². The molecular weight excluding hydrogens is 312 g/mol. The molecule has 0 unspecified atom stereocenters. The molecule has 1 N–H and O–H groups in total. The third-order valence-electron chi connectivity index (χ3n) is 5.40. The van der Waals surface area contributed by atoms with Crippen LogP contribution in [0.1, 0.15) is 24.0 Å². The molecule has 1 aromatic heterocycles. The van der Waals surface area contributed by atoms with E-state index in [0.29, 0.717) is 6.54 Å². The molecular formula is C20H20N4O. The van der Waals surface area contributed by atoms with E-state index in [9.17, 15) is 10.1 Å². The van der Waals surface area contributed by atoms with Crippen molar-refractivity contribution in [2.45, 2.75) is 24.8 Å². The van der Waals surface area contributed by atoms with Gasteiger partial charge < -0.3 is 10.2 Å². The van der Waals surface area contributed by atoms with Gasteiger partial charge in [0.1, 0.15) is 0 Å². The highest BCUT2D eigenvalue weighted by atomic mass is 16.2. The lowest BCUT2D eigenvalue weighted by atomic mass is 9.48. The van der Waals surface area contributed by atoms with Crippen LogP contribution in [0.15, 0.2) is 54.9 Å². The zero-order chi connectivity index (χ0) is 17.3. The smallest absolute Gasteiger partial charge is 0.317 e. The van der Waals surface area contributed by atoms with Crippen molar-refractivity contribution in [1.82, 2.24) is 15.2 Å². The number of urea groups is 1. The van der Waals surface area contributed by atoms with Crippen LogP contribution in [0.3, 0.4) is 0 Å². The first kappa shape index (κ1) is 15.6. The van der Waals surface area contributed by atoms with Crippen molar-refractivity contribution in [1.29, 1.82) is 5.26 Å². The lowest BCUT2D eigenvalue weighted by molar-refractivity contribution is -0.0696. The molecule has 2 amide bonds. The number of rotatable bonds is 3. The Hall–Kier alpha value is -2.87. The predicted octanol–water partition coefficient (Wildman–Crippen LogP) is 2.85. The highest BCUT2D eigenvalue weighted by Gasteiger charge is 2.61. The third-order valence-corrected chi connectivity index (χ3v) is 5.40. The van der Waals surface area contributed by atoms with Crippen molar-refractivity contribution >= 4 is 6.03 Å². The predicted molar refractivity (Wildman–Crippen MR) is 93.4 cm³/mol. The molecule has 1 saturated heterocycles. The lowest BCUT2D eigenvalue weighted by Gasteiger charge is -2.62. The molecule has 0 bridgehead atoms. The number of likely N-dealkylation sites (tertiary alicyclic amines) is 1. The molecule has 5 heteroatoms. The topological polar surface area (TPSA) is 69.0 Å². The van der Waals surface area contributed by atoms with Gasteiger partial charge >= 0.3 is 6.03 Å².